The average molecular weight is 268 g/mol. The zero-order valence-electron chi connectivity index (χ0n) is 9.26. The van der Waals surface area contributed by atoms with Gasteiger partial charge in [0.25, 0.3) is 0 Å². The summed E-state index contributed by atoms with van der Waals surface area (Å²) in [5, 5.41) is 0.690. The van der Waals surface area contributed by atoms with Gasteiger partial charge in [-0.15, -0.1) is 0 Å². The molecule has 0 amide bonds. The fraction of sp³-hybridized carbons (Fsp3) is 0.154. The van der Waals surface area contributed by atoms with E-state index in [1.54, 1.807) is 6.20 Å². The highest BCUT2D eigenvalue weighted by atomic mass is 35.5. The number of allylic oxidation sites excluding steroid dienone is 1. The van der Waals surface area contributed by atoms with Crippen LogP contribution in [0.2, 0.25) is 0 Å². The molecule has 0 unspecified atom stereocenters. The summed E-state index contributed by atoms with van der Waals surface area (Å²) in [5.74, 6) is 0. The molecule has 0 spiro atoms. The van der Waals surface area contributed by atoms with Crippen molar-refractivity contribution in [2.75, 3.05) is 0 Å². The van der Waals surface area contributed by atoms with Crippen LogP contribution in [0.5, 0.6) is 0 Å². The molecule has 1 N–H and O–H groups in total. The molecule has 2 nitrogen and oxygen atoms in total. The largest absolute Gasteiger partial charge is 0.361 e. The predicted octanol–water partition coefficient (Wildman–Crippen LogP) is 3.78. The molecule has 0 atom stereocenters. The lowest BCUT2D eigenvalue weighted by Gasteiger charge is -2.04. The van der Waals surface area contributed by atoms with E-state index in [-0.39, 0.29) is 5.43 Å². The van der Waals surface area contributed by atoms with Crippen molar-refractivity contribution in [1.29, 1.82) is 0 Å². The molecule has 0 aliphatic rings. The first-order valence-corrected chi connectivity index (χ1v) is 5.94. The van der Waals surface area contributed by atoms with Gasteiger partial charge in [-0.05, 0) is 36.6 Å². The Hall–Kier alpha value is -1.25. The monoisotopic (exact) mass is 267 g/mol. The van der Waals surface area contributed by atoms with Crippen LogP contribution in [0.15, 0.2) is 45.3 Å². The van der Waals surface area contributed by atoms with E-state index in [1.807, 2.05) is 25.1 Å². The third kappa shape index (κ3) is 2.71. The predicted molar refractivity (Wildman–Crippen MR) is 72.7 cm³/mol. The molecule has 0 aliphatic heterocycles. The molecule has 0 bridgehead atoms. The summed E-state index contributed by atoms with van der Waals surface area (Å²) >= 11 is 11.4. The van der Waals surface area contributed by atoms with E-state index in [9.17, 15) is 4.79 Å². The molecule has 4 heteroatoms. The summed E-state index contributed by atoms with van der Waals surface area (Å²) in [5.41, 5.74) is 2.82. The molecule has 88 valence electrons. The van der Waals surface area contributed by atoms with Gasteiger partial charge in [-0.3, -0.25) is 4.79 Å². The second-order valence-electron chi connectivity index (χ2n) is 3.94. The number of nitrogens with one attached hydrogen (secondary N) is 1. The Labute approximate surface area is 109 Å². The summed E-state index contributed by atoms with van der Waals surface area (Å²) in [6.45, 7) is 1.88. The van der Waals surface area contributed by atoms with E-state index in [4.69, 9.17) is 23.2 Å². The van der Waals surface area contributed by atoms with E-state index in [0.29, 0.717) is 16.3 Å². The summed E-state index contributed by atoms with van der Waals surface area (Å²) in [6, 6.07) is 7.19. The first-order valence-electron chi connectivity index (χ1n) is 5.19. The molecule has 0 saturated carbocycles. The zero-order valence-corrected chi connectivity index (χ0v) is 10.8. The van der Waals surface area contributed by atoms with Gasteiger partial charge in [0.15, 0.2) is 5.43 Å². The summed E-state index contributed by atoms with van der Waals surface area (Å²) in [7, 11) is 0. The number of pyridine rings is 1. The quantitative estimate of drug-likeness (QED) is 0.883. The van der Waals surface area contributed by atoms with Crippen molar-refractivity contribution in [1.82, 2.24) is 4.98 Å². The van der Waals surface area contributed by atoms with Gasteiger partial charge in [0, 0.05) is 23.2 Å². The Morgan fingerprint density at radius 2 is 2.06 bits per heavy atom. The van der Waals surface area contributed by atoms with Crippen molar-refractivity contribution >= 4 is 34.1 Å². The highest BCUT2D eigenvalue weighted by Crippen LogP contribution is 2.19. The number of hydrogen-bond acceptors (Lipinski definition) is 1. The van der Waals surface area contributed by atoms with Crippen LogP contribution in [0.3, 0.4) is 0 Å². The van der Waals surface area contributed by atoms with Crippen molar-refractivity contribution in [3.8, 4) is 0 Å². The minimum atomic E-state index is 0.0212. The summed E-state index contributed by atoms with van der Waals surface area (Å²) in [4.78, 5) is 14.6. The van der Waals surface area contributed by atoms with Gasteiger partial charge >= 0.3 is 0 Å². The number of benzene rings is 1. The Morgan fingerprint density at radius 1 is 1.29 bits per heavy atom. The van der Waals surface area contributed by atoms with Gasteiger partial charge in [0.05, 0.1) is 0 Å². The average Bonchev–Trinajstić information content (AvgIpc) is 2.29. The maximum Gasteiger partial charge on any atom is 0.189 e. The number of fused-ring (bicyclic) bond motifs is 1. The van der Waals surface area contributed by atoms with Crippen LogP contribution in [0.1, 0.15) is 12.5 Å². The normalized spacial score (nSPS) is 10.5. The van der Waals surface area contributed by atoms with E-state index < -0.39 is 0 Å². The minimum absolute atomic E-state index is 0.0212. The Balaban J connectivity index is 2.46. The summed E-state index contributed by atoms with van der Waals surface area (Å²) in [6.07, 6.45) is 2.32. The Kier molecular flexibility index (Phi) is 3.55. The van der Waals surface area contributed by atoms with Gasteiger partial charge in [-0.25, -0.2) is 0 Å². The first-order chi connectivity index (χ1) is 8.08. The van der Waals surface area contributed by atoms with E-state index in [1.165, 1.54) is 6.07 Å². The van der Waals surface area contributed by atoms with Gasteiger partial charge in [0.2, 0.25) is 0 Å². The SMILES string of the molecule is CC(Cc1ccc2c(=O)cc[nH]c2c1)=C(Cl)Cl. The van der Waals surface area contributed by atoms with Gasteiger partial charge in [0.1, 0.15) is 4.49 Å². The van der Waals surface area contributed by atoms with Crippen LogP contribution in [0.25, 0.3) is 10.9 Å². The lowest BCUT2D eigenvalue weighted by Crippen LogP contribution is -2.00. The number of hydrogen-bond donors (Lipinski definition) is 1. The first kappa shape index (κ1) is 12.2. The third-order valence-electron chi connectivity index (χ3n) is 2.61. The van der Waals surface area contributed by atoms with Crippen molar-refractivity contribution in [3.05, 3.63) is 56.3 Å². The molecule has 0 radical (unpaired) electrons. The fourth-order valence-corrected chi connectivity index (χ4v) is 1.84. The lowest BCUT2D eigenvalue weighted by atomic mass is 10.1. The topological polar surface area (TPSA) is 32.9 Å². The van der Waals surface area contributed by atoms with Crippen LogP contribution >= 0.6 is 23.2 Å². The molecular formula is C13H11Cl2NO. The molecule has 0 aliphatic carbocycles. The second-order valence-corrected chi connectivity index (χ2v) is 4.89. The van der Waals surface area contributed by atoms with Crippen molar-refractivity contribution in [2.24, 2.45) is 0 Å². The molecule has 1 aromatic carbocycles. The Morgan fingerprint density at radius 3 is 2.76 bits per heavy atom. The van der Waals surface area contributed by atoms with Crippen LogP contribution in [0, 0.1) is 0 Å². The number of aromatic nitrogens is 1. The molecule has 17 heavy (non-hydrogen) atoms. The highest BCUT2D eigenvalue weighted by molar-refractivity contribution is 6.56. The number of aromatic amines is 1. The van der Waals surface area contributed by atoms with Crippen LogP contribution in [-0.4, -0.2) is 4.98 Å². The van der Waals surface area contributed by atoms with Crippen LogP contribution < -0.4 is 5.43 Å². The van der Waals surface area contributed by atoms with E-state index in [0.717, 1.165) is 16.7 Å². The maximum atomic E-state index is 11.5. The van der Waals surface area contributed by atoms with Crippen molar-refractivity contribution < 1.29 is 0 Å². The Bertz CT molecular complexity index is 639. The molecule has 2 aromatic rings. The molecule has 0 fully saturated rings. The lowest BCUT2D eigenvalue weighted by molar-refractivity contribution is 1.15. The molecule has 1 aromatic heterocycles. The van der Waals surface area contributed by atoms with Gasteiger partial charge < -0.3 is 4.98 Å². The van der Waals surface area contributed by atoms with Gasteiger partial charge in [-0.1, -0.05) is 29.3 Å². The smallest absolute Gasteiger partial charge is 0.189 e. The zero-order chi connectivity index (χ0) is 12.4. The molecule has 1 heterocycles. The fourth-order valence-electron chi connectivity index (χ4n) is 1.71. The van der Waals surface area contributed by atoms with Crippen LogP contribution in [0.4, 0.5) is 0 Å². The van der Waals surface area contributed by atoms with Crippen LogP contribution in [-0.2, 0) is 6.42 Å². The number of rotatable bonds is 2. The summed E-state index contributed by atoms with van der Waals surface area (Å²) < 4.78 is 0.298. The molecule has 2 rings (SSSR count). The third-order valence-corrected chi connectivity index (χ3v) is 3.26. The number of H-pyrrole nitrogens is 1. The van der Waals surface area contributed by atoms with E-state index >= 15 is 0 Å². The highest BCUT2D eigenvalue weighted by Gasteiger charge is 2.02. The second kappa shape index (κ2) is 4.94. The maximum absolute atomic E-state index is 11.5. The molecular weight excluding hydrogens is 257 g/mol. The standard InChI is InChI=1S/C13H11Cl2NO/c1-8(13(14)15)6-9-2-3-10-11(7-9)16-5-4-12(10)17/h2-5,7H,6H2,1H3,(H,16,17). The van der Waals surface area contributed by atoms with Crippen molar-refractivity contribution in [3.63, 3.8) is 0 Å². The number of halogens is 2. The minimum Gasteiger partial charge on any atom is -0.361 e. The van der Waals surface area contributed by atoms with E-state index in [2.05, 4.69) is 4.98 Å². The molecule has 0 saturated heterocycles. The van der Waals surface area contributed by atoms with Gasteiger partial charge in [-0.2, -0.15) is 0 Å². The van der Waals surface area contributed by atoms with Crippen molar-refractivity contribution in [2.45, 2.75) is 13.3 Å².